The van der Waals surface area contributed by atoms with E-state index in [-0.39, 0.29) is 5.91 Å². The molecule has 0 spiro atoms. The van der Waals surface area contributed by atoms with Gasteiger partial charge in [0.2, 0.25) is 5.91 Å². The van der Waals surface area contributed by atoms with Crippen LogP contribution in [0.5, 0.6) is 0 Å². The fourth-order valence-corrected chi connectivity index (χ4v) is 4.47. The van der Waals surface area contributed by atoms with Crippen molar-refractivity contribution in [2.45, 2.75) is 57.7 Å². The highest BCUT2D eigenvalue weighted by Crippen LogP contribution is 2.23. The van der Waals surface area contributed by atoms with Crippen LogP contribution in [-0.4, -0.2) is 72.0 Å². The molecular formula is C18H35N3OS. The van der Waals surface area contributed by atoms with Crippen molar-refractivity contribution < 1.29 is 4.79 Å². The molecule has 1 aliphatic carbocycles. The van der Waals surface area contributed by atoms with Crippen LogP contribution in [0.15, 0.2) is 0 Å². The van der Waals surface area contributed by atoms with E-state index in [0.717, 1.165) is 50.2 Å². The maximum absolute atomic E-state index is 12.2. The van der Waals surface area contributed by atoms with Crippen LogP contribution in [0.2, 0.25) is 0 Å². The summed E-state index contributed by atoms with van der Waals surface area (Å²) in [6.45, 7) is 12.8. The van der Waals surface area contributed by atoms with Crippen LogP contribution in [0, 0.1) is 5.92 Å². The first kappa shape index (κ1) is 19.1. The van der Waals surface area contributed by atoms with Crippen molar-refractivity contribution in [2.75, 3.05) is 45.0 Å². The van der Waals surface area contributed by atoms with Gasteiger partial charge in [-0.2, -0.15) is 11.8 Å². The van der Waals surface area contributed by atoms with Crippen LogP contribution in [-0.2, 0) is 4.79 Å². The second-order valence-electron chi connectivity index (χ2n) is 7.57. The summed E-state index contributed by atoms with van der Waals surface area (Å²) in [6, 6.07) is 0.417. The van der Waals surface area contributed by atoms with Gasteiger partial charge in [-0.25, -0.2) is 0 Å². The lowest BCUT2D eigenvalue weighted by molar-refractivity contribution is -0.123. The van der Waals surface area contributed by atoms with Gasteiger partial charge in [-0.1, -0.05) is 33.6 Å². The van der Waals surface area contributed by atoms with E-state index in [9.17, 15) is 4.79 Å². The minimum absolute atomic E-state index is 0.230. The van der Waals surface area contributed by atoms with Crippen LogP contribution in [0.4, 0.5) is 0 Å². The average molecular weight is 342 g/mol. The zero-order valence-corrected chi connectivity index (χ0v) is 16.0. The number of hydrogen-bond donors (Lipinski definition) is 1. The Bertz CT molecular complexity index is 356. The molecule has 1 saturated heterocycles. The van der Waals surface area contributed by atoms with Crippen molar-refractivity contribution in [3.8, 4) is 0 Å². The molecule has 2 aliphatic rings. The molecule has 0 unspecified atom stereocenters. The lowest BCUT2D eigenvalue weighted by Gasteiger charge is -2.35. The third-order valence-corrected chi connectivity index (χ3v) is 6.08. The highest BCUT2D eigenvalue weighted by atomic mass is 32.2. The van der Waals surface area contributed by atoms with E-state index in [1.807, 2.05) is 11.8 Å². The van der Waals surface area contributed by atoms with Gasteiger partial charge in [0.1, 0.15) is 0 Å². The summed E-state index contributed by atoms with van der Waals surface area (Å²) < 4.78 is 0. The first-order valence-electron chi connectivity index (χ1n) is 9.38. The number of hydrogen-bond acceptors (Lipinski definition) is 4. The topological polar surface area (TPSA) is 35.6 Å². The normalized spacial score (nSPS) is 27.3. The molecule has 4 nitrogen and oxygen atoms in total. The minimum Gasteiger partial charge on any atom is -0.352 e. The summed E-state index contributed by atoms with van der Waals surface area (Å²) in [6.07, 6.45) is 4.91. The zero-order chi connectivity index (χ0) is 16.7. The van der Waals surface area contributed by atoms with Crippen LogP contribution in [0.3, 0.4) is 0 Å². The largest absolute Gasteiger partial charge is 0.352 e. The highest BCUT2D eigenvalue weighted by molar-refractivity contribution is 7.99. The van der Waals surface area contributed by atoms with Crippen molar-refractivity contribution in [1.29, 1.82) is 0 Å². The van der Waals surface area contributed by atoms with E-state index in [1.165, 1.54) is 25.1 Å². The number of nitrogens with one attached hydrogen (secondary N) is 1. The van der Waals surface area contributed by atoms with E-state index in [1.54, 1.807) is 0 Å². The van der Waals surface area contributed by atoms with Gasteiger partial charge < -0.3 is 5.32 Å². The molecule has 1 heterocycles. The molecule has 1 saturated carbocycles. The molecule has 0 radical (unpaired) electrons. The number of nitrogens with zero attached hydrogens (tertiary/aromatic N) is 2. The Balaban J connectivity index is 1.59. The summed E-state index contributed by atoms with van der Waals surface area (Å²) in [5.74, 6) is 2.21. The maximum atomic E-state index is 12.2. The fraction of sp³-hybridized carbons (Fsp3) is 0.944. The summed E-state index contributed by atoms with van der Waals surface area (Å²) in [5.41, 5.74) is 0. The van der Waals surface area contributed by atoms with Crippen molar-refractivity contribution in [3.63, 3.8) is 0 Å². The second kappa shape index (κ2) is 9.90. The van der Waals surface area contributed by atoms with Crippen molar-refractivity contribution in [1.82, 2.24) is 15.1 Å². The summed E-state index contributed by atoms with van der Waals surface area (Å²) in [4.78, 5) is 17.1. The molecule has 134 valence electrons. The molecule has 1 amide bonds. The van der Waals surface area contributed by atoms with Gasteiger partial charge in [-0.3, -0.25) is 14.6 Å². The van der Waals surface area contributed by atoms with Crippen LogP contribution < -0.4 is 5.32 Å². The van der Waals surface area contributed by atoms with E-state index < -0.39 is 0 Å². The molecule has 2 rings (SSSR count). The number of thioether (sulfide) groups is 1. The van der Waals surface area contributed by atoms with Gasteiger partial charge in [0, 0.05) is 44.5 Å². The Hall–Kier alpha value is -0.260. The highest BCUT2D eigenvalue weighted by Gasteiger charge is 2.23. The van der Waals surface area contributed by atoms with Crippen LogP contribution in [0.1, 0.15) is 46.5 Å². The molecule has 0 aromatic carbocycles. The van der Waals surface area contributed by atoms with Gasteiger partial charge in [-0.05, 0) is 24.0 Å². The minimum atomic E-state index is 0.230. The second-order valence-corrected chi connectivity index (χ2v) is 9.26. The molecule has 2 atom stereocenters. The SMILES string of the molecule is CC(C)SCCN1CCN(CC(=O)N[C@H]2CCC[C@@H](C)C2)CC1. The first-order valence-corrected chi connectivity index (χ1v) is 10.4. The van der Waals surface area contributed by atoms with Crippen molar-refractivity contribution >= 4 is 17.7 Å². The standard InChI is InChI=1S/C18H35N3OS/c1-15(2)23-12-11-20-7-9-21(10-8-20)14-18(22)19-17-6-4-5-16(3)13-17/h15-17H,4-14H2,1-3H3,(H,19,22)/t16-,17+/m1/s1. The molecule has 0 aromatic rings. The van der Waals surface area contributed by atoms with Crippen molar-refractivity contribution in [3.05, 3.63) is 0 Å². The van der Waals surface area contributed by atoms with E-state index in [0.29, 0.717) is 12.6 Å². The maximum Gasteiger partial charge on any atom is 0.234 e. The molecule has 1 aliphatic heterocycles. The molecular weight excluding hydrogens is 306 g/mol. The Morgan fingerprint density at radius 1 is 1.17 bits per heavy atom. The summed E-state index contributed by atoms with van der Waals surface area (Å²) >= 11 is 2.04. The predicted octanol–water partition coefficient (Wildman–Crippen LogP) is 2.44. The van der Waals surface area contributed by atoms with E-state index in [4.69, 9.17) is 0 Å². The Morgan fingerprint density at radius 2 is 1.87 bits per heavy atom. The van der Waals surface area contributed by atoms with E-state index in [2.05, 4.69) is 35.9 Å². The van der Waals surface area contributed by atoms with Gasteiger partial charge in [0.05, 0.1) is 6.54 Å². The van der Waals surface area contributed by atoms with Gasteiger partial charge in [0.25, 0.3) is 0 Å². The summed E-state index contributed by atoms with van der Waals surface area (Å²) in [7, 11) is 0. The molecule has 1 N–H and O–H groups in total. The lowest BCUT2D eigenvalue weighted by atomic mass is 9.87. The van der Waals surface area contributed by atoms with E-state index >= 15 is 0 Å². The number of amides is 1. The van der Waals surface area contributed by atoms with Crippen LogP contribution in [0.25, 0.3) is 0 Å². The number of piperazine rings is 1. The fourth-order valence-electron chi connectivity index (χ4n) is 3.63. The number of carbonyl (C=O) groups excluding carboxylic acids is 1. The average Bonchev–Trinajstić information content (AvgIpc) is 2.48. The third kappa shape index (κ3) is 7.44. The van der Waals surface area contributed by atoms with Gasteiger partial charge in [0.15, 0.2) is 0 Å². The first-order chi connectivity index (χ1) is 11.0. The molecule has 23 heavy (non-hydrogen) atoms. The Labute approximate surface area is 146 Å². The molecule has 2 fully saturated rings. The van der Waals surface area contributed by atoms with Crippen molar-refractivity contribution in [2.24, 2.45) is 5.92 Å². The number of rotatable bonds is 7. The predicted molar refractivity (Wildman–Crippen MR) is 100 cm³/mol. The Morgan fingerprint density at radius 3 is 2.52 bits per heavy atom. The van der Waals surface area contributed by atoms with Gasteiger partial charge in [-0.15, -0.1) is 0 Å². The number of carbonyl (C=O) groups is 1. The monoisotopic (exact) mass is 341 g/mol. The quantitative estimate of drug-likeness (QED) is 0.771. The zero-order valence-electron chi connectivity index (χ0n) is 15.2. The smallest absolute Gasteiger partial charge is 0.234 e. The van der Waals surface area contributed by atoms with Gasteiger partial charge >= 0.3 is 0 Å². The molecule has 0 bridgehead atoms. The molecule has 5 heteroatoms. The third-order valence-electron chi connectivity index (χ3n) is 4.99. The van der Waals surface area contributed by atoms with Crippen LogP contribution >= 0.6 is 11.8 Å². The summed E-state index contributed by atoms with van der Waals surface area (Å²) in [5, 5.41) is 3.98. The Kier molecular flexibility index (Phi) is 8.21. The molecule has 0 aromatic heterocycles. The lowest BCUT2D eigenvalue weighted by Crippen LogP contribution is -2.51.